The molecule has 1 aliphatic rings. The topological polar surface area (TPSA) is 50.4 Å². The van der Waals surface area contributed by atoms with Crippen LogP contribution in [0.2, 0.25) is 0 Å². The van der Waals surface area contributed by atoms with Gasteiger partial charge in [-0.25, -0.2) is 0 Å². The van der Waals surface area contributed by atoms with Crippen LogP contribution >= 0.6 is 0 Å². The Labute approximate surface area is 90.8 Å². The fraction of sp³-hybridized carbons (Fsp3) is 0.727. The van der Waals surface area contributed by atoms with Gasteiger partial charge in [-0.2, -0.15) is 0 Å². The zero-order valence-corrected chi connectivity index (χ0v) is 9.14. The van der Waals surface area contributed by atoms with Crippen molar-refractivity contribution in [2.75, 3.05) is 26.3 Å². The molecule has 1 rings (SSSR count). The van der Waals surface area contributed by atoms with E-state index >= 15 is 0 Å². The summed E-state index contributed by atoms with van der Waals surface area (Å²) in [7, 11) is 0. The van der Waals surface area contributed by atoms with Gasteiger partial charge in [-0.1, -0.05) is 0 Å². The first-order chi connectivity index (χ1) is 7.33. The van der Waals surface area contributed by atoms with Crippen molar-refractivity contribution in [3.63, 3.8) is 0 Å². The third-order valence-electron chi connectivity index (χ3n) is 2.18. The molecule has 0 aromatic carbocycles. The molecule has 15 heavy (non-hydrogen) atoms. The smallest absolute Gasteiger partial charge is 0.221 e. The lowest BCUT2D eigenvalue weighted by atomic mass is 10.2. The maximum Gasteiger partial charge on any atom is 0.221 e. The van der Waals surface area contributed by atoms with Gasteiger partial charge in [0.2, 0.25) is 5.91 Å². The largest absolute Gasteiger partial charge is 0.378 e. The summed E-state index contributed by atoms with van der Waals surface area (Å²) >= 11 is 0. The van der Waals surface area contributed by atoms with Crippen molar-refractivity contribution in [3.8, 4) is 11.8 Å². The van der Waals surface area contributed by atoms with Gasteiger partial charge in [0.15, 0.2) is 0 Å². The molecular weight excluding hydrogens is 192 g/mol. The van der Waals surface area contributed by atoms with E-state index in [1.165, 1.54) is 0 Å². The van der Waals surface area contributed by atoms with E-state index in [9.17, 15) is 4.79 Å². The molecule has 1 fully saturated rings. The van der Waals surface area contributed by atoms with E-state index in [0.29, 0.717) is 19.6 Å². The predicted octanol–water partition coefficient (Wildman–Crippen LogP) is -0.105. The van der Waals surface area contributed by atoms with E-state index in [-0.39, 0.29) is 11.9 Å². The second-order valence-electron chi connectivity index (χ2n) is 3.46. The second-order valence-corrected chi connectivity index (χ2v) is 3.46. The lowest BCUT2D eigenvalue weighted by Gasteiger charge is -2.23. The number of hydrogen-bond donors (Lipinski definition) is 2. The molecule has 0 bridgehead atoms. The van der Waals surface area contributed by atoms with Gasteiger partial charge in [0.25, 0.3) is 0 Å². The van der Waals surface area contributed by atoms with Crippen LogP contribution in [0.4, 0.5) is 0 Å². The summed E-state index contributed by atoms with van der Waals surface area (Å²) in [6.45, 7) is 4.63. The normalized spacial score (nSPS) is 20.2. The molecule has 1 unspecified atom stereocenters. The first-order valence-electron chi connectivity index (χ1n) is 5.30. The molecule has 4 nitrogen and oxygen atoms in total. The Balaban J connectivity index is 2.08. The highest BCUT2D eigenvalue weighted by Crippen LogP contribution is 1.97. The van der Waals surface area contributed by atoms with Crippen molar-refractivity contribution in [1.82, 2.24) is 10.6 Å². The highest BCUT2D eigenvalue weighted by Gasteiger charge is 2.16. The summed E-state index contributed by atoms with van der Waals surface area (Å²) in [5, 5.41) is 6.07. The minimum absolute atomic E-state index is 0.0657. The van der Waals surface area contributed by atoms with Crippen molar-refractivity contribution in [1.29, 1.82) is 0 Å². The lowest BCUT2D eigenvalue weighted by Crippen LogP contribution is -2.44. The number of amides is 1. The van der Waals surface area contributed by atoms with Gasteiger partial charge in [0.1, 0.15) is 0 Å². The van der Waals surface area contributed by atoms with Crippen LogP contribution in [0.25, 0.3) is 0 Å². The third-order valence-corrected chi connectivity index (χ3v) is 2.18. The Hall–Kier alpha value is -1.05. The maximum atomic E-state index is 11.4. The zero-order chi connectivity index (χ0) is 10.9. The van der Waals surface area contributed by atoms with Crippen LogP contribution in [0.1, 0.15) is 19.8 Å². The van der Waals surface area contributed by atoms with Crippen molar-refractivity contribution in [3.05, 3.63) is 0 Å². The molecule has 1 atom stereocenters. The Morgan fingerprint density at radius 1 is 1.67 bits per heavy atom. The molecule has 84 valence electrons. The highest BCUT2D eigenvalue weighted by molar-refractivity contribution is 5.76. The molecule has 1 amide bonds. The standard InChI is InChI=1S/C11H18N2O2/c1-2-3-4-5-13-11(14)8-10-9-15-7-6-12-10/h10,12H,4-9H2,1H3,(H,13,14). The van der Waals surface area contributed by atoms with Crippen LogP contribution in [0.5, 0.6) is 0 Å². The second kappa shape index (κ2) is 7.27. The Kier molecular flexibility index (Phi) is 5.83. The minimum atomic E-state index is 0.0657. The Morgan fingerprint density at radius 2 is 2.53 bits per heavy atom. The van der Waals surface area contributed by atoms with Gasteiger partial charge >= 0.3 is 0 Å². The van der Waals surface area contributed by atoms with Crippen LogP contribution < -0.4 is 10.6 Å². The highest BCUT2D eigenvalue weighted by atomic mass is 16.5. The molecule has 1 saturated heterocycles. The van der Waals surface area contributed by atoms with Crippen molar-refractivity contribution < 1.29 is 9.53 Å². The summed E-state index contributed by atoms with van der Waals surface area (Å²) < 4.78 is 5.26. The van der Waals surface area contributed by atoms with Crippen molar-refractivity contribution in [2.24, 2.45) is 0 Å². The van der Waals surface area contributed by atoms with E-state index in [4.69, 9.17) is 4.74 Å². The number of hydrogen-bond acceptors (Lipinski definition) is 3. The molecule has 0 spiro atoms. The van der Waals surface area contributed by atoms with Crippen molar-refractivity contribution in [2.45, 2.75) is 25.8 Å². The van der Waals surface area contributed by atoms with E-state index in [0.717, 1.165) is 19.6 Å². The summed E-state index contributed by atoms with van der Waals surface area (Å²) in [6, 6.07) is 0.163. The fourth-order valence-electron chi connectivity index (χ4n) is 1.44. The molecule has 0 aromatic rings. The quantitative estimate of drug-likeness (QED) is 0.503. The van der Waals surface area contributed by atoms with Crippen LogP contribution in [-0.4, -0.2) is 38.3 Å². The summed E-state index contributed by atoms with van der Waals surface area (Å²) in [5.74, 6) is 5.76. The van der Waals surface area contributed by atoms with Crippen LogP contribution in [0.15, 0.2) is 0 Å². The van der Waals surface area contributed by atoms with Crippen LogP contribution in [0, 0.1) is 11.8 Å². The average Bonchev–Trinajstić information content (AvgIpc) is 2.26. The molecule has 1 aliphatic heterocycles. The predicted molar refractivity (Wildman–Crippen MR) is 58.3 cm³/mol. The number of ether oxygens (including phenoxy) is 1. The first-order valence-corrected chi connectivity index (χ1v) is 5.30. The monoisotopic (exact) mass is 210 g/mol. The number of carbonyl (C=O) groups excluding carboxylic acids is 1. The first kappa shape index (κ1) is 12.0. The number of carbonyl (C=O) groups is 1. The number of rotatable bonds is 4. The van der Waals surface area contributed by atoms with E-state index in [1.54, 1.807) is 6.92 Å². The summed E-state index contributed by atoms with van der Waals surface area (Å²) in [6.07, 6.45) is 1.20. The summed E-state index contributed by atoms with van der Waals surface area (Å²) in [4.78, 5) is 11.4. The Morgan fingerprint density at radius 3 is 3.20 bits per heavy atom. The fourth-order valence-corrected chi connectivity index (χ4v) is 1.44. The SMILES string of the molecule is CC#CCCNC(=O)CC1COCCN1. The number of morpholine rings is 1. The average molecular weight is 210 g/mol. The maximum absolute atomic E-state index is 11.4. The molecule has 4 heteroatoms. The minimum Gasteiger partial charge on any atom is -0.378 e. The van der Waals surface area contributed by atoms with Gasteiger partial charge in [-0.15, -0.1) is 11.8 Å². The molecule has 0 aliphatic carbocycles. The van der Waals surface area contributed by atoms with Gasteiger partial charge in [-0.3, -0.25) is 4.79 Å². The van der Waals surface area contributed by atoms with E-state index < -0.39 is 0 Å². The van der Waals surface area contributed by atoms with E-state index in [2.05, 4.69) is 22.5 Å². The molecule has 2 N–H and O–H groups in total. The van der Waals surface area contributed by atoms with Crippen molar-refractivity contribution >= 4 is 5.91 Å². The summed E-state index contributed by atoms with van der Waals surface area (Å²) in [5.41, 5.74) is 0. The van der Waals surface area contributed by atoms with Gasteiger partial charge < -0.3 is 15.4 Å². The van der Waals surface area contributed by atoms with E-state index in [1.807, 2.05) is 0 Å². The number of nitrogens with one attached hydrogen (secondary N) is 2. The zero-order valence-electron chi connectivity index (χ0n) is 9.14. The van der Waals surface area contributed by atoms with Gasteiger partial charge in [0.05, 0.1) is 13.2 Å². The van der Waals surface area contributed by atoms with Crippen LogP contribution in [0.3, 0.4) is 0 Å². The third kappa shape index (κ3) is 5.40. The lowest BCUT2D eigenvalue weighted by molar-refractivity contribution is -0.122. The molecular formula is C11H18N2O2. The van der Waals surface area contributed by atoms with Gasteiger partial charge in [-0.05, 0) is 6.92 Å². The van der Waals surface area contributed by atoms with Gasteiger partial charge in [0, 0.05) is 32.0 Å². The Bertz CT molecular complexity index is 249. The molecule has 0 aromatic heterocycles. The molecule has 0 saturated carbocycles. The van der Waals surface area contributed by atoms with Crippen LogP contribution in [-0.2, 0) is 9.53 Å². The molecule has 1 heterocycles. The molecule has 0 radical (unpaired) electrons.